The summed E-state index contributed by atoms with van der Waals surface area (Å²) in [5.74, 6) is 1.19. The SMILES string of the molecule is CC(C)Oc1ccc(C(=O)Nc2nnc(SCc3ccccc3Cl)s2)cc1. The molecule has 0 atom stereocenters. The Morgan fingerprint density at radius 1 is 1.19 bits per heavy atom. The molecular weight excluding hydrogens is 402 g/mol. The number of benzene rings is 2. The Hall–Kier alpha value is -2.09. The van der Waals surface area contributed by atoms with Crippen molar-refractivity contribution in [2.24, 2.45) is 0 Å². The van der Waals surface area contributed by atoms with Crippen LogP contribution in [0.15, 0.2) is 52.9 Å². The van der Waals surface area contributed by atoms with Crippen LogP contribution in [0.4, 0.5) is 5.13 Å². The first-order valence-electron chi connectivity index (χ1n) is 8.29. The maximum Gasteiger partial charge on any atom is 0.257 e. The predicted molar refractivity (Wildman–Crippen MR) is 111 cm³/mol. The molecular formula is C19H18ClN3O2S2. The Morgan fingerprint density at radius 2 is 1.93 bits per heavy atom. The first-order valence-corrected chi connectivity index (χ1v) is 10.5. The van der Waals surface area contributed by atoms with Crippen LogP contribution in [-0.4, -0.2) is 22.2 Å². The fourth-order valence-electron chi connectivity index (χ4n) is 2.20. The van der Waals surface area contributed by atoms with E-state index in [9.17, 15) is 4.79 Å². The van der Waals surface area contributed by atoms with Crippen LogP contribution in [0.25, 0.3) is 0 Å². The third-order valence-electron chi connectivity index (χ3n) is 3.42. The first kappa shape index (κ1) is 19.7. The van der Waals surface area contributed by atoms with Crippen molar-refractivity contribution in [3.8, 4) is 5.75 Å². The minimum atomic E-state index is -0.232. The van der Waals surface area contributed by atoms with Crippen molar-refractivity contribution >= 4 is 45.7 Å². The monoisotopic (exact) mass is 419 g/mol. The summed E-state index contributed by atoms with van der Waals surface area (Å²) in [4.78, 5) is 12.3. The maximum absolute atomic E-state index is 12.3. The van der Waals surface area contributed by atoms with Gasteiger partial charge in [0.25, 0.3) is 5.91 Å². The third kappa shape index (κ3) is 5.69. The lowest BCUT2D eigenvalue weighted by molar-refractivity contribution is 0.102. The van der Waals surface area contributed by atoms with Crippen molar-refractivity contribution in [1.82, 2.24) is 10.2 Å². The number of carbonyl (C=O) groups is 1. The van der Waals surface area contributed by atoms with Crippen LogP contribution >= 0.6 is 34.7 Å². The second-order valence-corrected chi connectivity index (χ2v) is 8.51. The minimum absolute atomic E-state index is 0.0905. The Kier molecular flexibility index (Phi) is 6.71. The molecule has 1 aromatic heterocycles. The zero-order valence-corrected chi connectivity index (χ0v) is 17.2. The molecule has 0 fully saturated rings. The van der Waals surface area contributed by atoms with E-state index in [2.05, 4.69) is 15.5 Å². The average molecular weight is 420 g/mol. The molecule has 5 nitrogen and oxygen atoms in total. The van der Waals surface area contributed by atoms with Crippen LogP contribution in [0, 0.1) is 0 Å². The number of nitrogens with zero attached hydrogens (tertiary/aromatic N) is 2. The number of hydrogen-bond acceptors (Lipinski definition) is 6. The minimum Gasteiger partial charge on any atom is -0.491 e. The number of aromatic nitrogens is 2. The summed E-state index contributed by atoms with van der Waals surface area (Å²) < 4.78 is 6.35. The van der Waals surface area contributed by atoms with Gasteiger partial charge in [-0.3, -0.25) is 10.1 Å². The highest BCUT2D eigenvalue weighted by molar-refractivity contribution is 8.00. The van der Waals surface area contributed by atoms with Crippen molar-refractivity contribution in [3.05, 3.63) is 64.7 Å². The van der Waals surface area contributed by atoms with E-state index in [1.807, 2.05) is 38.1 Å². The molecule has 0 aliphatic heterocycles. The summed E-state index contributed by atoms with van der Waals surface area (Å²) in [6.07, 6.45) is 0.0905. The lowest BCUT2D eigenvalue weighted by atomic mass is 10.2. The standard InChI is InChI=1S/C19H18ClN3O2S2/c1-12(2)25-15-9-7-13(8-10-15)17(24)21-18-22-23-19(27-18)26-11-14-5-3-4-6-16(14)20/h3-10,12H,11H2,1-2H3,(H,21,22,24). The molecule has 0 saturated heterocycles. The highest BCUT2D eigenvalue weighted by Crippen LogP contribution is 2.30. The molecule has 0 aliphatic carbocycles. The molecule has 0 aliphatic rings. The number of rotatable bonds is 7. The number of halogens is 1. The number of nitrogens with one attached hydrogen (secondary N) is 1. The molecule has 0 bridgehead atoms. The number of thioether (sulfide) groups is 1. The quantitative estimate of drug-likeness (QED) is 0.403. The van der Waals surface area contributed by atoms with Crippen molar-refractivity contribution < 1.29 is 9.53 Å². The molecule has 140 valence electrons. The van der Waals surface area contributed by atoms with Gasteiger partial charge >= 0.3 is 0 Å². The lowest BCUT2D eigenvalue weighted by Crippen LogP contribution is -2.12. The fourth-order valence-corrected chi connectivity index (χ4v) is 4.23. The van der Waals surface area contributed by atoms with Gasteiger partial charge in [-0.05, 0) is 49.7 Å². The smallest absolute Gasteiger partial charge is 0.257 e. The van der Waals surface area contributed by atoms with Gasteiger partial charge < -0.3 is 4.74 Å². The van der Waals surface area contributed by atoms with E-state index < -0.39 is 0 Å². The second kappa shape index (κ2) is 9.21. The number of carbonyl (C=O) groups excluding carboxylic acids is 1. The predicted octanol–water partition coefficient (Wildman–Crippen LogP) is 5.52. The summed E-state index contributed by atoms with van der Waals surface area (Å²) in [6.45, 7) is 3.91. The van der Waals surface area contributed by atoms with Crippen LogP contribution in [0.3, 0.4) is 0 Å². The van der Waals surface area contributed by atoms with E-state index in [0.29, 0.717) is 16.4 Å². The van der Waals surface area contributed by atoms with Crippen LogP contribution < -0.4 is 10.1 Å². The van der Waals surface area contributed by atoms with Crippen molar-refractivity contribution in [1.29, 1.82) is 0 Å². The van der Waals surface area contributed by atoms with Crippen LogP contribution in [0.1, 0.15) is 29.8 Å². The number of ether oxygens (including phenoxy) is 1. The van der Waals surface area contributed by atoms with Gasteiger partial charge in [0.1, 0.15) is 5.75 Å². The van der Waals surface area contributed by atoms with Gasteiger partial charge in [-0.25, -0.2) is 0 Å². The Morgan fingerprint density at radius 3 is 2.63 bits per heavy atom. The average Bonchev–Trinajstić information content (AvgIpc) is 3.08. The summed E-state index contributed by atoms with van der Waals surface area (Å²) >= 11 is 9.02. The molecule has 0 unspecified atom stereocenters. The molecule has 1 heterocycles. The van der Waals surface area contributed by atoms with Gasteiger partial charge in [0.15, 0.2) is 4.34 Å². The van der Waals surface area contributed by atoms with Crippen molar-refractivity contribution in [2.45, 2.75) is 30.0 Å². The number of anilines is 1. The van der Waals surface area contributed by atoms with Crippen molar-refractivity contribution in [3.63, 3.8) is 0 Å². The molecule has 27 heavy (non-hydrogen) atoms. The Bertz CT molecular complexity index is 913. The summed E-state index contributed by atoms with van der Waals surface area (Å²) in [6, 6.07) is 14.7. The molecule has 3 rings (SSSR count). The van der Waals surface area contributed by atoms with E-state index in [1.54, 1.807) is 24.3 Å². The van der Waals surface area contributed by atoms with Crippen LogP contribution in [0.2, 0.25) is 5.02 Å². The first-order chi connectivity index (χ1) is 13.0. The van der Waals surface area contributed by atoms with E-state index in [-0.39, 0.29) is 12.0 Å². The molecule has 1 amide bonds. The topological polar surface area (TPSA) is 64.1 Å². The third-order valence-corrected chi connectivity index (χ3v) is 5.81. The highest BCUT2D eigenvalue weighted by Gasteiger charge is 2.11. The second-order valence-electron chi connectivity index (χ2n) is 5.90. The molecule has 3 aromatic rings. The van der Waals surface area contributed by atoms with Gasteiger partial charge in [-0.2, -0.15) is 0 Å². The summed E-state index contributed by atoms with van der Waals surface area (Å²) in [7, 11) is 0. The molecule has 8 heteroatoms. The van der Waals surface area contributed by atoms with E-state index in [0.717, 1.165) is 20.7 Å². The zero-order valence-electron chi connectivity index (χ0n) is 14.8. The number of amides is 1. The van der Waals surface area contributed by atoms with E-state index >= 15 is 0 Å². The normalized spacial score (nSPS) is 10.8. The molecule has 2 aromatic carbocycles. The highest BCUT2D eigenvalue weighted by atomic mass is 35.5. The van der Waals surface area contributed by atoms with Crippen molar-refractivity contribution in [2.75, 3.05) is 5.32 Å². The molecule has 0 radical (unpaired) electrons. The van der Waals surface area contributed by atoms with E-state index in [1.165, 1.54) is 23.1 Å². The van der Waals surface area contributed by atoms with Gasteiger partial charge in [0.2, 0.25) is 5.13 Å². The summed E-state index contributed by atoms with van der Waals surface area (Å²) in [5.41, 5.74) is 1.57. The largest absolute Gasteiger partial charge is 0.491 e. The van der Waals surface area contributed by atoms with Gasteiger partial charge in [-0.1, -0.05) is 52.9 Å². The molecule has 1 N–H and O–H groups in total. The van der Waals surface area contributed by atoms with Gasteiger partial charge in [0.05, 0.1) is 6.10 Å². The zero-order chi connectivity index (χ0) is 19.2. The van der Waals surface area contributed by atoms with Crippen LogP contribution in [-0.2, 0) is 5.75 Å². The lowest BCUT2D eigenvalue weighted by Gasteiger charge is -2.09. The van der Waals surface area contributed by atoms with Gasteiger partial charge in [0, 0.05) is 16.3 Å². The molecule has 0 saturated carbocycles. The van der Waals surface area contributed by atoms with Crippen LogP contribution in [0.5, 0.6) is 5.75 Å². The fraction of sp³-hybridized carbons (Fsp3) is 0.211. The Labute approximate surface area is 171 Å². The summed E-state index contributed by atoms with van der Waals surface area (Å²) in [5, 5.41) is 12.1. The maximum atomic E-state index is 12.3. The van der Waals surface area contributed by atoms with Gasteiger partial charge in [-0.15, -0.1) is 10.2 Å². The Balaban J connectivity index is 1.57. The number of hydrogen-bond donors (Lipinski definition) is 1. The molecule has 0 spiro atoms. The van der Waals surface area contributed by atoms with E-state index in [4.69, 9.17) is 16.3 Å².